The van der Waals surface area contributed by atoms with Crippen LogP contribution in [0.15, 0.2) is 18.3 Å². The predicted octanol–water partition coefficient (Wildman–Crippen LogP) is 4.22. The summed E-state index contributed by atoms with van der Waals surface area (Å²) in [7, 11) is 2.67. The van der Waals surface area contributed by atoms with Gasteiger partial charge in [-0.3, -0.25) is 4.79 Å². The molecule has 0 radical (unpaired) electrons. The van der Waals surface area contributed by atoms with Gasteiger partial charge in [-0.1, -0.05) is 0 Å². The van der Waals surface area contributed by atoms with Crippen molar-refractivity contribution in [3.05, 3.63) is 29.5 Å². The number of alkyl halides is 4. The molecule has 1 amide bonds. The quantitative estimate of drug-likeness (QED) is 0.602. The minimum atomic E-state index is -4.64. The van der Waals surface area contributed by atoms with Crippen molar-refractivity contribution in [3.63, 3.8) is 0 Å². The molecule has 0 bridgehead atoms. The molecule has 8 nitrogen and oxygen atoms in total. The van der Waals surface area contributed by atoms with Gasteiger partial charge in [0.05, 0.1) is 18.4 Å². The minimum Gasteiger partial charge on any atom is -0.496 e. The van der Waals surface area contributed by atoms with Crippen molar-refractivity contribution in [2.24, 2.45) is 0 Å². The third-order valence-electron chi connectivity index (χ3n) is 4.96. The van der Waals surface area contributed by atoms with E-state index in [-0.39, 0.29) is 34.6 Å². The van der Waals surface area contributed by atoms with E-state index in [1.807, 2.05) is 0 Å². The zero-order chi connectivity index (χ0) is 23.3. The van der Waals surface area contributed by atoms with Crippen molar-refractivity contribution in [1.82, 2.24) is 14.9 Å². The van der Waals surface area contributed by atoms with Gasteiger partial charge < -0.3 is 25.0 Å². The number of aromatic nitrogens is 2. The number of hydrogen-bond donors (Lipinski definition) is 2. The van der Waals surface area contributed by atoms with Crippen LogP contribution >= 0.6 is 0 Å². The third kappa shape index (κ3) is 5.11. The molecule has 2 aromatic rings. The lowest BCUT2D eigenvalue weighted by Gasteiger charge is -2.27. The monoisotopic (exact) mass is 457 g/mol. The number of anilines is 3. The van der Waals surface area contributed by atoms with E-state index in [2.05, 4.69) is 20.6 Å². The van der Waals surface area contributed by atoms with E-state index in [1.165, 1.54) is 26.3 Å². The van der Waals surface area contributed by atoms with Crippen LogP contribution in [-0.2, 0) is 6.18 Å². The Morgan fingerprint density at radius 2 is 1.91 bits per heavy atom. The summed E-state index contributed by atoms with van der Waals surface area (Å²) in [5.74, 6) is -0.756. The van der Waals surface area contributed by atoms with Gasteiger partial charge in [0.15, 0.2) is 0 Å². The maximum Gasteiger partial charge on any atom is 0.421 e. The third-order valence-corrected chi connectivity index (χ3v) is 4.96. The second kappa shape index (κ2) is 9.88. The fourth-order valence-electron chi connectivity index (χ4n) is 3.40. The van der Waals surface area contributed by atoms with Gasteiger partial charge in [-0.25, -0.2) is 9.37 Å². The van der Waals surface area contributed by atoms with Crippen LogP contribution in [0.4, 0.5) is 35.0 Å². The summed E-state index contributed by atoms with van der Waals surface area (Å²) in [4.78, 5) is 22.2. The molecule has 1 fully saturated rings. The molecule has 1 aromatic heterocycles. The Hall–Kier alpha value is -3.31. The van der Waals surface area contributed by atoms with Crippen molar-refractivity contribution < 1.29 is 31.8 Å². The molecule has 1 aliphatic heterocycles. The summed E-state index contributed by atoms with van der Waals surface area (Å²) in [6.45, 7) is 0.0228. The Morgan fingerprint density at radius 3 is 2.50 bits per heavy atom. The number of hydrogen-bond acceptors (Lipinski definition) is 7. The van der Waals surface area contributed by atoms with Crippen molar-refractivity contribution in [3.8, 4) is 11.5 Å². The van der Waals surface area contributed by atoms with Crippen LogP contribution in [0.3, 0.4) is 0 Å². The number of benzene rings is 1. The van der Waals surface area contributed by atoms with Gasteiger partial charge in [-0.05, 0) is 25.3 Å². The topological polar surface area (TPSA) is 88.6 Å². The summed E-state index contributed by atoms with van der Waals surface area (Å²) >= 11 is 0. The number of rotatable bonds is 7. The fourth-order valence-corrected chi connectivity index (χ4v) is 3.40. The number of amides is 1. The highest BCUT2D eigenvalue weighted by Gasteiger charge is 2.35. The summed E-state index contributed by atoms with van der Waals surface area (Å²) in [6.07, 6.45) is -1.19. The molecular formula is C20H23F4N5O3. The van der Waals surface area contributed by atoms with E-state index in [1.54, 1.807) is 4.90 Å². The van der Waals surface area contributed by atoms with E-state index >= 15 is 0 Å². The van der Waals surface area contributed by atoms with E-state index < -0.39 is 24.4 Å². The molecule has 0 unspecified atom stereocenters. The Balaban J connectivity index is 1.96. The van der Waals surface area contributed by atoms with Crippen LogP contribution in [0.25, 0.3) is 0 Å². The maximum atomic E-state index is 13.1. The highest BCUT2D eigenvalue weighted by atomic mass is 19.4. The number of ether oxygens (including phenoxy) is 2. The van der Waals surface area contributed by atoms with Crippen LogP contribution < -0.4 is 20.1 Å². The van der Waals surface area contributed by atoms with Gasteiger partial charge in [0.25, 0.3) is 5.91 Å². The van der Waals surface area contributed by atoms with E-state index in [4.69, 9.17) is 9.47 Å². The van der Waals surface area contributed by atoms with E-state index in [9.17, 15) is 22.4 Å². The number of nitrogens with one attached hydrogen (secondary N) is 2. The lowest BCUT2D eigenvalue weighted by molar-refractivity contribution is -0.137. The van der Waals surface area contributed by atoms with Crippen LogP contribution in [-0.4, -0.2) is 54.9 Å². The fraction of sp³-hybridized carbons (Fsp3) is 0.450. The molecule has 12 heteroatoms. The molecule has 0 atom stereocenters. The molecule has 174 valence electrons. The van der Waals surface area contributed by atoms with Gasteiger partial charge >= 0.3 is 6.18 Å². The van der Waals surface area contributed by atoms with E-state index in [0.717, 1.165) is 19.3 Å². The predicted molar refractivity (Wildman–Crippen MR) is 109 cm³/mol. The highest BCUT2D eigenvalue weighted by Crippen LogP contribution is 2.37. The van der Waals surface area contributed by atoms with Crippen molar-refractivity contribution >= 4 is 23.4 Å². The average molecular weight is 457 g/mol. The van der Waals surface area contributed by atoms with Crippen molar-refractivity contribution in [2.45, 2.75) is 25.4 Å². The van der Waals surface area contributed by atoms with E-state index in [0.29, 0.717) is 19.3 Å². The standard InChI is InChI=1S/C20H23F4N5O3/c1-25-17-13(20(22,23)24)10-26-19(28-17)27-14-9-15(31-2)12(8-16(14)32-11-21)18(30)29-6-4-3-5-7-29/h8-10H,3-7,11H2,1-2H3,(H2,25,26,27,28). The minimum absolute atomic E-state index is 0.0387. The zero-order valence-electron chi connectivity index (χ0n) is 17.6. The van der Waals surface area contributed by atoms with Gasteiger partial charge in [0, 0.05) is 32.4 Å². The van der Waals surface area contributed by atoms with Gasteiger partial charge in [-0.2, -0.15) is 18.2 Å². The molecule has 0 spiro atoms. The Labute approximate surface area is 181 Å². The Bertz CT molecular complexity index is 965. The molecule has 32 heavy (non-hydrogen) atoms. The normalized spacial score (nSPS) is 14.1. The van der Waals surface area contributed by atoms with Crippen LogP contribution in [0, 0.1) is 0 Å². The molecule has 2 N–H and O–H groups in total. The first-order chi connectivity index (χ1) is 15.3. The van der Waals surface area contributed by atoms with Crippen LogP contribution in [0.1, 0.15) is 35.2 Å². The molecule has 2 heterocycles. The van der Waals surface area contributed by atoms with Crippen molar-refractivity contribution in [2.75, 3.05) is 44.7 Å². The summed E-state index contributed by atoms with van der Waals surface area (Å²) in [6, 6.07) is 2.73. The first-order valence-corrected chi connectivity index (χ1v) is 9.87. The van der Waals surface area contributed by atoms with Gasteiger partial charge in [-0.15, -0.1) is 0 Å². The molecular weight excluding hydrogens is 434 g/mol. The maximum absolute atomic E-state index is 13.1. The van der Waals surface area contributed by atoms with Crippen LogP contribution in [0.5, 0.6) is 11.5 Å². The van der Waals surface area contributed by atoms with Crippen LogP contribution in [0.2, 0.25) is 0 Å². The lowest BCUT2D eigenvalue weighted by atomic mass is 10.1. The molecule has 3 rings (SSSR count). The number of likely N-dealkylation sites (tertiary alicyclic amines) is 1. The zero-order valence-corrected chi connectivity index (χ0v) is 17.6. The Morgan fingerprint density at radius 1 is 1.19 bits per heavy atom. The number of nitrogens with zero attached hydrogens (tertiary/aromatic N) is 3. The summed E-state index contributed by atoms with van der Waals surface area (Å²) in [5.41, 5.74) is -0.727. The average Bonchev–Trinajstić information content (AvgIpc) is 2.79. The van der Waals surface area contributed by atoms with Gasteiger partial charge in [0.2, 0.25) is 12.8 Å². The summed E-state index contributed by atoms with van der Waals surface area (Å²) in [5, 5.41) is 5.08. The van der Waals surface area contributed by atoms with Gasteiger partial charge in [0.1, 0.15) is 22.9 Å². The first-order valence-electron chi connectivity index (χ1n) is 9.87. The number of carbonyl (C=O) groups excluding carboxylic acids is 1. The lowest BCUT2D eigenvalue weighted by Crippen LogP contribution is -2.35. The molecule has 1 saturated heterocycles. The highest BCUT2D eigenvalue weighted by molar-refractivity contribution is 5.98. The number of piperidine rings is 1. The Kier molecular flexibility index (Phi) is 7.21. The van der Waals surface area contributed by atoms with Crippen molar-refractivity contribution in [1.29, 1.82) is 0 Å². The molecule has 0 saturated carbocycles. The number of methoxy groups -OCH3 is 1. The summed E-state index contributed by atoms with van der Waals surface area (Å²) < 4.78 is 62.6. The largest absolute Gasteiger partial charge is 0.496 e. The second-order valence-corrected chi connectivity index (χ2v) is 6.98. The smallest absolute Gasteiger partial charge is 0.421 e. The molecule has 0 aliphatic carbocycles. The molecule has 1 aromatic carbocycles. The first kappa shape index (κ1) is 23.4. The second-order valence-electron chi connectivity index (χ2n) is 6.98. The number of carbonyl (C=O) groups is 1. The SMILES string of the molecule is CNc1nc(Nc2cc(OC)c(C(=O)N3CCCCC3)cc2OCF)ncc1C(F)(F)F. The molecule has 1 aliphatic rings. The number of halogens is 4.